The molecule has 0 spiro atoms. The number of anilines is 1. The second-order valence-corrected chi connectivity index (χ2v) is 5.07. The standard InChI is InChI=1S/C16H13NO4/c18-15-16(19,11-3-1-2-4-12(11)17-15)10-5-6-13-14(9-10)21-8-7-20-13/h1-6,9,19H,7-8H2,(H,17,18). The Hall–Kier alpha value is -2.53. The Morgan fingerprint density at radius 1 is 1.05 bits per heavy atom. The van der Waals surface area contributed by atoms with Gasteiger partial charge in [-0.3, -0.25) is 4.79 Å². The highest BCUT2D eigenvalue weighted by atomic mass is 16.6. The normalized spacial score (nSPS) is 22.6. The Morgan fingerprint density at radius 3 is 2.67 bits per heavy atom. The van der Waals surface area contributed by atoms with Gasteiger partial charge in [-0.2, -0.15) is 0 Å². The number of para-hydroxylation sites is 1. The minimum absolute atomic E-state index is 0.456. The van der Waals surface area contributed by atoms with Gasteiger partial charge >= 0.3 is 0 Å². The van der Waals surface area contributed by atoms with Crippen molar-refractivity contribution < 1.29 is 19.4 Å². The van der Waals surface area contributed by atoms with Crippen LogP contribution in [-0.4, -0.2) is 24.2 Å². The molecule has 0 aliphatic carbocycles. The first kappa shape index (κ1) is 12.2. The lowest BCUT2D eigenvalue weighted by Crippen LogP contribution is -2.35. The van der Waals surface area contributed by atoms with Gasteiger partial charge in [0, 0.05) is 16.8 Å². The van der Waals surface area contributed by atoms with Gasteiger partial charge < -0.3 is 19.9 Å². The average Bonchev–Trinajstić information content (AvgIpc) is 2.79. The Labute approximate surface area is 121 Å². The summed E-state index contributed by atoms with van der Waals surface area (Å²) in [6.07, 6.45) is 0. The van der Waals surface area contributed by atoms with Crippen LogP contribution in [0.15, 0.2) is 42.5 Å². The predicted molar refractivity (Wildman–Crippen MR) is 75.5 cm³/mol. The average molecular weight is 283 g/mol. The first-order valence-electron chi connectivity index (χ1n) is 6.73. The van der Waals surface area contributed by atoms with Crippen molar-refractivity contribution in [2.45, 2.75) is 5.60 Å². The van der Waals surface area contributed by atoms with Crippen molar-refractivity contribution in [1.82, 2.24) is 0 Å². The Bertz CT molecular complexity index is 743. The zero-order chi connectivity index (χ0) is 14.4. The zero-order valence-electron chi connectivity index (χ0n) is 11.1. The summed E-state index contributed by atoms with van der Waals surface area (Å²) in [5.41, 5.74) is -0.0624. The second kappa shape index (κ2) is 4.23. The van der Waals surface area contributed by atoms with Gasteiger partial charge in [0.2, 0.25) is 0 Å². The zero-order valence-corrected chi connectivity index (χ0v) is 11.1. The van der Waals surface area contributed by atoms with E-state index in [0.717, 1.165) is 0 Å². The summed E-state index contributed by atoms with van der Waals surface area (Å²) in [6, 6.07) is 12.2. The number of carbonyl (C=O) groups is 1. The van der Waals surface area contributed by atoms with Crippen LogP contribution in [0.5, 0.6) is 11.5 Å². The van der Waals surface area contributed by atoms with Crippen LogP contribution in [0.2, 0.25) is 0 Å². The Kier molecular flexibility index (Phi) is 2.46. The van der Waals surface area contributed by atoms with E-state index in [1.807, 2.05) is 6.07 Å². The van der Waals surface area contributed by atoms with E-state index in [-0.39, 0.29) is 0 Å². The van der Waals surface area contributed by atoms with E-state index in [1.54, 1.807) is 36.4 Å². The molecule has 1 atom stereocenters. The molecule has 0 aromatic heterocycles. The van der Waals surface area contributed by atoms with Crippen LogP contribution < -0.4 is 14.8 Å². The van der Waals surface area contributed by atoms with Crippen molar-refractivity contribution in [2.24, 2.45) is 0 Å². The van der Waals surface area contributed by atoms with Gasteiger partial charge in [-0.25, -0.2) is 0 Å². The smallest absolute Gasteiger partial charge is 0.265 e. The van der Waals surface area contributed by atoms with Crippen molar-refractivity contribution in [2.75, 3.05) is 18.5 Å². The quantitative estimate of drug-likeness (QED) is 0.835. The van der Waals surface area contributed by atoms with E-state index in [1.165, 1.54) is 0 Å². The minimum Gasteiger partial charge on any atom is -0.486 e. The van der Waals surface area contributed by atoms with Gasteiger partial charge in [0.15, 0.2) is 17.1 Å². The maximum Gasteiger partial charge on any atom is 0.265 e. The van der Waals surface area contributed by atoms with Crippen molar-refractivity contribution in [3.05, 3.63) is 53.6 Å². The number of rotatable bonds is 1. The summed E-state index contributed by atoms with van der Waals surface area (Å²) in [7, 11) is 0. The lowest BCUT2D eigenvalue weighted by atomic mass is 9.87. The number of ether oxygens (including phenoxy) is 2. The molecule has 1 unspecified atom stereocenters. The lowest BCUT2D eigenvalue weighted by molar-refractivity contribution is -0.129. The topological polar surface area (TPSA) is 67.8 Å². The molecule has 0 radical (unpaired) electrons. The summed E-state index contributed by atoms with van der Waals surface area (Å²) >= 11 is 0. The molecule has 2 N–H and O–H groups in total. The number of aliphatic hydroxyl groups is 1. The highest BCUT2D eigenvalue weighted by molar-refractivity contribution is 6.07. The summed E-state index contributed by atoms with van der Waals surface area (Å²) in [5.74, 6) is 0.713. The maximum absolute atomic E-state index is 12.3. The summed E-state index contributed by atoms with van der Waals surface area (Å²) in [4.78, 5) is 12.3. The summed E-state index contributed by atoms with van der Waals surface area (Å²) in [6.45, 7) is 0.956. The van der Waals surface area contributed by atoms with Crippen molar-refractivity contribution in [3.63, 3.8) is 0 Å². The monoisotopic (exact) mass is 283 g/mol. The minimum atomic E-state index is -1.70. The molecule has 2 aromatic carbocycles. The molecule has 0 saturated carbocycles. The van der Waals surface area contributed by atoms with E-state index >= 15 is 0 Å². The first-order chi connectivity index (χ1) is 10.2. The van der Waals surface area contributed by atoms with E-state index in [0.29, 0.717) is 41.5 Å². The molecule has 0 bridgehead atoms. The third-order valence-corrected chi connectivity index (χ3v) is 3.85. The van der Waals surface area contributed by atoms with E-state index in [9.17, 15) is 9.90 Å². The molecule has 2 heterocycles. The van der Waals surface area contributed by atoms with Gasteiger partial charge in [0.05, 0.1) is 0 Å². The molecule has 2 aliphatic heterocycles. The van der Waals surface area contributed by atoms with Gasteiger partial charge in [-0.05, 0) is 18.2 Å². The van der Waals surface area contributed by atoms with Gasteiger partial charge in [0.1, 0.15) is 13.2 Å². The maximum atomic E-state index is 12.3. The van der Waals surface area contributed by atoms with Crippen LogP contribution in [0.4, 0.5) is 5.69 Å². The molecule has 0 fully saturated rings. The van der Waals surface area contributed by atoms with Crippen LogP contribution >= 0.6 is 0 Å². The van der Waals surface area contributed by atoms with Crippen LogP contribution in [0.1, 0.15) is 11.1 Å². The molecular formula is C16H13NO4. The number of amides is 1. The number of hydrogen-bond acceptors (Lipinski definition) is 4. The summed E-state index contributed by atoms with van der Waals surface area (Å²) < 4.78 is 11.0. The number of nitrogens with one attached hydrogen (secondary N) is 1. The predicted octanol–water partition coefficient (Wildman–Crippen LogP) is 1.65. The molecule has 2 aliphatic rings. The SMILES string of the molecule is O=C1Nc2ccccc2C1(O)c1ccc2c(c1)OCCO2. The van der Waals surface area contributed by atoms with Gasteiger partial charge in [0.25, 0.3) is 5.91 Å². The molecule has 5 nitrogen and oxygen atoms in total. The molecule has 0 saturated heterocycles. The van der Waals surface area contributed by atoms with Gasteiger partial charge in [-0.1, -0.05) is 24.3 Å². The van der Waals surface area contributed by atoms with Gasteiger partial charge in [-0.15, -0.1) is 0 Å². The van der Waals surface area contributed by atoms with Crippen molar-refractivity contribution in [1.29, 1.82) is 0 Å². The fraction of sp³-hybridized carbons (Fsp3) is 0.188. The van der Waals surface area contributed by atoms with E-state index < -0.39 is 11.5 Å². The largest absolute Gasteiger partial charge is 0.486 e. The van der Waals surface area contributed by atoms with Crippen molar-refractivity contribution >= 4 is 11.6 Å². The number of hydrogen-bond donors (Lipinski definition) is 2. The third-order valence-electron chi connectivity index (χ3n) is 3.85. The molecule has 5 heteroatoms. The van der Waals surface area contributed by atoms with Crippen LogP contribution in [0.3, 0.4) is 0 Å². The van der Waals surface area contributed by atoms with Crippen molar-refractivity contribution in [3.8, 4) is 11.5 Å². The fourth-order valence-corrected chi connectivity index (χ4v) is 2.80. The molecule has 21 heavy (non-hydrogen) atoms. The van der Waals surface area contributed by atoms with Crippen LogP contribution in [-0.2, 0) is 10.4 Å². The fourth-order valence-electron chi connectivity index (χ4n) is 2.80. The van der Waals surface area contributed by atoms with Crippen LogP contribution in [0.25, 0.3) is 0 Å². The number of benzene rings is 2. The molecule has 106 valence electrons. The van der Waals surface area contributed by atoms with E-state index in [2.05, 4.69) is 5.32 Å². The third kappa shape index (κ3) is 1.64. The second-order valence-electron chi connectivity index (χ2n) is 5.07. The summed E-state index contributed by atoms with van der Waals surface area (Å²) in [5, 5.41) is 13.7. The molecular weight excluding hydrogens is 270 g/mol. The van der Waals surface area contributed by atoms with Crippen LogP contribution in [0, 0.1) is 0 Å². The lowest BCUT2D eigenvalue weighted by Gasteiger charge is -2.24. The molecule has 2 aromatic rings. The highest BCUT2D eigenvalue weighted by Gasteiger charge is 2.47. The number of fused-ring (bicyclic) bond motifs is 2. The molecule has 4 rings (SSSR count). The first-order valence-corrected chi connectivity index (χ1v) is 6.73. The highest BCUT2D eigenvalue weighted by Crippen LogP contribution is 2.43. The van der Waals surface area contributed by atoms with E-state index in [4.69, 9.17) is 9.47 Å². The Morgan fingerprint density at radius 2 is 1.81 bits per heavy atom. The number of carbonyl (C=O) groups excluding carboxylic acids is 1. The Balaban J connectivity index is 1.87. The molecule has 1 amide bonds.